The highest BCUT2D eigenvalue weighted by molar-refractivity contribution is 7.13. The average molecular weight is 467 g/mol. The van der Waals surface area contributed by atoms with Crippen LogP contribution in [0.3, 0.4) is 0 Å². The summed E-state index contributed by atoms with van der Waals surface area (Å²) >= 11 is 7.58. The quantitative estimate of drug-likeness (QED) is 0.438. The van der Waals surface area contributed by atoms with Gasteiger partial charge in [0.05, 0.1) is 29.6 Å². The van der Waals surface area contributed by atoms with Gasteiger partial charge in [-0.15, -0.1) is 11.3 Å². The van der Waals surface area contributed by atoms with Crippen molar-refractivity contribution in [3.63, 3.8) is 0 Å². The predicted octanol–water partition coefficient (Wildman–Crippen LogP) is 4.91. The number of benzene rings is 2. The Morgan fingerprint density at radius 2 is 1.97 bits per heavy atom. The summed E-state index contributed by atoms with van der Waals surface area (Å²) in [5, 5.41) is 3.81. The van der Waals surface area contributed by atoms with E-state index in [0.717, 1.165) is 16.3 Å². The van der Waals surface area contributed by atoms with Crippen LogP contribution < -0.4 is 5.56 Å². The fraction of sp³-hybridized carbons (Fsp3) is 0.250. The second-order valence-electron chi connectivity index (χ2n) is 7.72. The van der Waals surface area contributed by atoms with Crippen LogP contribution in [0.25, 0.3) is 21.5 Å². The number of thiazole rings is 1. The highest BCUT2D eigenvalue weighted by atomic mass is 35.5. The largest absolute Gasteiger partial charge is 0.335 e. The maximum atomic E-state index is 13.0. The van der Waals surface area contributed by atoms with E-state index >= 15 is 0 Å². The van der Waals surface area contributed by atoms with Crippen molar-refractivity contribution in [3.8, 4) is 10.6 Å². The third-order valence-electron chi connectivity index (χ3n) is 5.29. The van der Waals surface area contributed by atoms with E-state index < -0.39 is 0 Å². The van der Waals surface area contributed by atoms with E-state index in [-0.39, 0.29) is 24.4 Å². The topological polar surface area (TPSA) is 79.0 Å². The van der Waals surface area contributed by atoms with Gasteiger partial charge in [-0.2, -0.15) is 0 Å². The smallest absolute Gasteiger partial charge is 0.258 e. The van der Waals surface area contributed by atoms with Gasteiger partial charge in [0.1, 0.15) is 10.8 Å². The zero-order valence-corrected chi connectivity index (χ0v) is 19.7. The maximum Gasteiger partial charge on any atom is 0.258 e. The number of halogens is 1. The normalized spacial score (nSPS) is 11.1. The van der Waals surface area contributed by atoms with Crippen molar-refractivity contribution in [2.75, 3.05) is 6.54 Å². The molecule has 0 spiro atoms. The number of fused-ring (bicyclic) bond motifs is 1. The van der Waals surface area contributed by atoms with E-state index in [4.69, 9.17) is 11.6 Å². The van der Waals surface area contributed by atoms with Gasteiger partial charge >= 0.3 is 0 Å². The molecule has 1 amide bonds. The molecule has 0 fully saturated rings. The maximum absolute atomic E-state index is 13.0. The standard InChI is InChI=1S/C24H23ClN4O2S/c1-4-29(12-21-27-20-10-16(25)6-8-19(20)23(31)28-21)22(30)11-17-13-32-24(26-17)18-7-5-14(2)9-15(18)3/h5-10,13H,4,11-12H2,1-3H3,(H,27,28,31). The molecule has 1 N–H and O–H groups in total. The molecule has 0 radical (unpaired) electrons. The molecule has 0 aliphatic carbocycles. The fourth-order valence-corrected chi connectivity index (χ4v) is 4.70. The number of aromatic nitrogens is 3. The fourth-order valence-electron chi connectivity index (χ4n) is 3.63. The first kappa shape index (κ1) is 22.2. The monoisotopic (exact) mass is 466 g/mol. The van der Waals surface area contributed by atoms with Gasteiger partial charge in [-0.25, -0.2) is 9.97 Å². The number of rotatable bonds is 6. The Balaban J connectivity index is 1.51. The van der Waals surface area contributed by atoms with Crippen LogP contribution in [-0.2, 0) is 17.8 Å². The van der Waals surface area contributed by atoms with Crippen molar-refractivity contribution in [2.24, 2.45) is 0 Å². The Labute approximate surface area is 194 Å². The van der Waals surface area contributed by atoms with Crippen LogP contribution in [0.4, 0.5) is 0 Å². The molecule has 0 aliphatic rings. The highest BCUT2D eigenvalue weighted by Gasteiger charge is 2.17. The summed E-state index contributed by atoms with van der Waals surface area (Å²) in [4.78, 5) is 38.9. The number of likely N-dealkylation sites (N-methyl/N-ethyl adjacent to an activating group) is 1. The molecular formula is C24H23ClN4O2S. The molecule has 0 bridgehead atoms. The van der Waals surface area contributed by atoms with Crippen LogP contribution in [0.1, 0.15) is 29.6 Å². The molecule has 8 heteroatoms. The van der Waals surface area contributed by atoms with E-state index in [0.29, 0.717) is 28.3 Å². The van der Waals surface area contributed by atoms with Crippen LogP contribution in [0.5, 0.6) is 0 Å². The molecule has 0 saturated heterocycles. The summed E-state index contributed by atoms with van der Waals surface area (Å²) < 4.78 is 0. The van der Waals surface area contributed by atoms with Gasteiger partial charge in [-0.3, -0.25) is 9.59 Å². The number of carbonyl (C=O) groups excluding carboxylic acids is 1. The SMILES string of the molecule is CCN(Cc1nc2cc(Cl)ccc2c(=O)[nH]1)C(=O)Cc1csc(-c2ccc(C)cc2C)n1. The van der Waals surface area contributed by atoms with E-state index in [1.165, 1.54) is 22.5 Å². The molecule has 4 aromatic rings. The van der Waals surface area contributed by atoms with Gasteiger partial charge in [0.25, 0.3) is 5.56 Å². The Morgan fingerprint density at radius 1 is 1.16 bits per heavy atom. The number of amides is 1. The molecule has 0 aliphatic heterocycles. The first-order chi connectivity index (χ1) is 15.3. The summed E-state index contributed by atoms with van der Waals surface area (Å²) in [5.74, 6) is 0.355. The molecule has 6 nitrogen and oxygen atoms in total. The number of aromatic amines is 1. The number of aryl methyl sites for hydroxylation is 2. The van der Waals surface area contributed by atoms with Crippen molar-refractivity contribution < 1.29 is 4.79 Å². The van der Waals surface area contributed by atoms with Gasteiger partial charge in [-0.1, -0.05) is 35.4 Å². The Morgan fingerprint density at radius 3 is 2.72 bits per heavy atom. The van der Waals surface area contributed by atoms with Gasteiger partial charge in [0.2, 0.25) is 5.91 Å². The summed E-state index contributed by atoms with van der Waals surface area (Å²) in [6, 6.07) is 11.2. The number of nitrogens with one attached hydrogen (secondary N) is 1. The lowest BCUT2D eigenvalue weighted by atomic mass is 10.1. The second kappa shape index (κ2) is 9.22. The molecule has 32 heavy (non-hydrogen) atoms. The molecule has 2 heterocycles. The van der Waals surface area contributed by atoms with Crippen LogP contribution >= 0.6 is 22.9 Å². The molecule has 0 unspecified atom stereocenters. The lowest BCUT2D eigenvalue weighted by Gasteiger charge is -2.20. The van der Waals surface area contributed by atoms with E-state index in [2.05, 4.69) is 47.0 Å². The average Bonchev–Trinajstić information content (AvgIpc) is 3.19. The third-order valence-corrected chi connectivity index (χ3v) is 6.45. The minimum atomic E-state index is -0.247. The van der Waals surface area contributed by atoms with Crippen LogP contribution in [0.15, 0.2) is 46.6 Å². The van der Waals surface area contributed by atoms with Crippen LogP contribution in [-0.4, -0.2) is 32.3 Å². The molecule has 164 valence electrons. The van der Waals surface area contributed by atoms with E-state index in [9.17, 15) is 9.59 Å². The minimum Gasteiger partial charge on any atom is -0.335 e. The summed E-state index contributed by atoms with van der Waals surface area (Å²) in [5.41, 5.74) is 4.46. The first-order valence-corrected chi connectivity index (χ1v) is 11.6. The van der Waals surface area contributed by atoms with Crippen molar-refractivity contribution in [1.29, 1.82) is 0 Å². The van der Waals surface area contributed by atoms with Crippen molar-refractivity contribution in [1.82, 2.24) is 19.9 Å². The molecule has 0 atom stereocenters. The predicted molar refractivity (Wildman–Crippen MR) is 129 cm³/mol. The van der Waals surface area contributed by atoms with Crippen molar-refractivity contribution in [3.05, 3.63) is 79.8 Å². The number of H-pyrrole nitrogens is 1. The van der Waals surface area contributed by atoms with Crippen molar-refractivity contribution >= 4 is 39.7 Å². The van der Waals surface area contributed by atoms with E-state index in [1.807, 2.05) is 12.3 Å². The minimum absolute atomic E-state index is 0.0705. The molecule has 4 rings (SSSR count). The van der Waals surface area contributed by atoms with Crippen LogP contribution in [0.2, 0.25) is 5.02 Å². The number of hydrogen-bond donors (Lipinski definition) is 1. The number of carbonyl (C=O) groups is 1. The van der Waals surface area contributed by atoms with Gasteiger partial charge in [-0.05, 0) is 44.5 Å². The third kappa shape index (κ3) is 4.74. The Bertz CT molecular complexity index is 1360. The summed E-state index contributed by atoms with van der Waals surface area (Å²) in [7, 11) is 0. The second-order valence-corrected chi connectivity index (χ2v) is 9.02. The molecule has 2 aromatic heterocycles. The molecular weight excluding hydrogens is 444 g/mol. The van der Waals surface area contributed by atoms with Gasteiger partial charge in [0.15, 0.2) is 0 Å². The first-order valence-electron chi connectivity index (χ1n) is 10.3. The summed E-state index contributed by atoms with van der Waals surface area (Å²) in [6.07, 6.45) is 0.193. The Kier molecular flexibility index (Phi) is 6.39. The Hall–Kier alpha value is -3.03. The zero-order valence-electron chi connectivity index (χ0n) is 18.1. The van der Waals surface area contributed by atoms with Crippen LogP contribution in [0, 0.1) is 13.8 Å². The summed E-state index contributed by atoms with van der Waals surface area (Å²) in [6.45, 7) is 6.73. The molecule has 2 aromatic carbocycles. The molecule has 0 saturated carbocycles. The lowest BCUT2D eigenvalue weighted by Crippen LogP contribution is -2.33. The van der Waals surface area contributed by atoms with Crippen molar-refractivity contribution in [2.45, 2.75) is 33.7 Å². The van der Waals surface area contributed by atoms with Gasteiger partial charge < -0.3 is 9.88 Å². The highest BCUT2D eigenvalue weighted by Crippen LogP contribution is 2.27. The van der Waals surface area contributed by atoms with Gasteiger partial charge in [0, 0.05) is 22.5 Å². The zero-order chi connectivity index (χ0) is 22.8. The lowest BCUT2D eigenvalue weighted by molar-refractivity contribution is -0.131. The number of hydrogen-bond acceptors (Lipinski definition) is 5. The number of nitrogens with zero attached hydrogens (tertiary/aromatic N) is 3. The van der Waals surface area contributed by atoms with E-state index in [1.54, 1.807) is 23.1 Å².